The molecule has 0 saturated carbocycles. The van der Waals surface area contributed by atoms with Crippen molar-refractivity contribution in [1.29, 1.82) is 0 Å². The van der Waals surface area contributed by atoms with E-state index in [9.17, 15) is 0 Å². The van der Waals surface area contributed by atoms with E-state index in [1.54, 1.807) is 7.11 Å². The number of nitrogens with one attached hydrogen (secondary N) is 1. The topological polar surface area (TPSA) is 24.5 Å². The number of ether oxygens (including phenoxy) is 1. The first-order chi connectivity index (χ1) is 9.58. The predicted octanol–water partition coefficient (Wildman–Crippen LogP) is 3.24. The summed E-state index contributed by atoms with van der Waals surface area (Å²) in [5.41, 5.74) is 1.28. The Bertz CT molecular complexity index is 404. The first kappa shape index (κ1) is 16.7. The van der Waals surface area contributed by atoms with Crippen molar-refractivity contribution in [1.82, 2.24) is 10.2 Å². The van der Waals surface area contributed by atoms with Gasteiger partial charge >= 0.3 is 0 Å². The maximum atomic E-state index is 5.31. The highest BCUT2D eigenvalue weighted by molar-refractivity contribution is 5.30. The van der Waals surface area contributed by atoms with Gasteiger partial charge in [-0.3, -0.25) is 0 Å². The van der Waals surface area contributed by atoms with Gasteiger partial charge in [0.1, 0.15) is 5.75 Å². The van der Waals surface area contributed by atoms with Crippen molar-refractivity contribution >= 4 is 0 Å². The van der Waals surface area contributed by atoms with Crippen LogP contribution in [-0.2, 0) is 0 Å². The van der Waals surface area contributed by atoms with Crippen molar-refractivity contribution in [2.45, 2.75) is 31.8 Å². The Morgan fingerprint density at radius 1 is 1.40 bits per heavy atom. The first-order valence-electron chi connectivity index (χ1n) is 7.23. The SMILES string of the molecule is C=CCCC(C)NCC(c1cccc(OC)c1)N(C)C. The zero-order valence-corrected chi connectivity index (χ0v) is 13.2. The van der Waals surface area contributed by atoms with Gasteiger partial charge in [0.2, 0.25) is 0 Å². The van der Waals surface area contributed by atoms with Crippen LogP contribution in [0.5, 0.6) is 5.75 Å². The van der Waals surface area contributed by atoms with E-state index in [-0.39, 0.29) is 0 Å². The largest absolute Gasteiger partial charge is 0.497 e. The van der Waals surface area contributed by atoms with E-state index in [1.165, 1.54) is 5.56 Å². The molecule has 2 atom stereocenters. The second kappa shape index (κ2) is 8.77. The number of likely N-dealkylation sites (N-methyl/N-ethyl adjacent to an activating group) is 1. The van der Waals surface area contributed by atoms with Gasteiger partial charge in [0.15, 0.2) is 0 Å². The molecule has 0 amide bonds. The highest BCUT2D eigenvalue weighted by Gasteiger charge is 2.15. The molecule has 3 heteroatoms. The van der Waals surface area contributed by atoms with E-state index in [2.05, 4.69) is 49.9 Å². The van der Waals surface area contributed by atoms with E-state index in [0.29, 0.717) is 12.1 Å². The van der Waals surface area contributed by atoms with Crippen LogP contribution in [0.2, 0.25) is 0 Å². The lowest BCUT2D eigenvalue weighted by molar-refractivity contribution is 0.278. The van der Waals surface area contributed by atoms with Gasteiger partial charge < -0.3 is 15.0 Å². The third-order valence-corrected chi connectivity index (χ3v) is 3.57. The highest BCUT2D eigenvalue weighted by atomic mass is 16.5. The van der Waals surface area contributed by atoms with Crippen LogP contribution in [0.1, 0.15) is 31.4 Å². The number of methoxy groups -OCH3 is 1. The Labute approximate surface area is 123 Å². The fourth-order valence-corrected chi connectivity index (χ4v) is 2.23. The van der Waals surface area contributed by atoms with Crippen LogP contribution in [0.15, 0.2) is 36.9 Å². The fourth-order valence-electron chi connectivity index (χ4n) is 2.23. The molecule has 0 aromatic heterocycles. The summed E-state index contributed by atoms with van der Waals surface area (Å²) in [6.07, 6.45) is 4.16. The summed E-state index contributed by atoms with van der Waals surface area (Å²) in [4.78, 5) is 2.24. The molecule has 0 heterocycles. The molecular formula is C17H28N2O. The summed E-state index contributed by atoms with van der Waals surface area (Å²) in [5, 5.41) is 3.60. The smallest absolute Gasteiger partial charge is 0.119 e. The summed E-state index contributed by atoms with van der Waals surface area (Å²) < 4.78 is 5.31. The van der Waals surface area contributed by atoms with Gasteiger partial charge in [-0.1, -0.05) is 18.2 Å². The van der Waals surface area contributed by atoms with Crippen molar-refractivity contribution in [3.05, 3.63) is 42.5 Å². The number of allylic oxidation sites excluding steroid dienone is 1. The Balaban J connectivity index is 2.66. The highest BCUT2D eigenvalue weighted by Crippen LogP contribution is 2.22. The quantitative estimate of drug-likeness (QED) is 0.701. The van der Waals surface area contributed by atoms with Gasteiger partial charge in [-0.15, -0.1) is 6.58 Å². The minimum atomic E-state index is 0.344. The molecule has 0 spiro atoms. The van der Waals surface area contributed by atoms with Gasteiger partial charge in [0.05, 0.1) is 7.11 Å². The van der Waals surface area contributed by atoms with Crippen LogP contribution in [0.25, 0.3) is 0 Å². The maximum absolute atomic E-state index is 5.31. The number of benzene rings is 1. The standard InChI is InChI=1S/C17H28N2O/c1-6-7-9-14(2)18-13-17(19(3)4)15-10-8-11-16(12-15)20-5/h6,8,10-12,14,17-18H,1,7,9,13H2,2-5H3. The van der Waals surface area contributed by atoms with Crippen molar-refractivity contribution < 1.29 is 4.74 Å². The molecule has 1 N–H and O–H groups in total. The second-order valence-electron chi connectivity index (χ2n) is 5.43. The first-order valence-corrected chi connectivity index (χ1v) is 7.23. The van der Waals surface area contributed by atoms with Crippen LogP contribution in [0.3, 0.4) is 0 Å². The summed E-state index contributed by atoms with van der Waals surface area (Å²) >= 11 is 0. The number of hydrogen-bond donors (Lipinski definition) is 1. The molecule has 2 unspecified atom stereocenters. The fraction of sp³-hybridized carbons (Fsp3) is 0.529. The van der Waals surface area contributed by atoms with Crippen molar-refractivity contribution in [2.24, 2.45) is 0 Å². The van der Waals surface area contributed by atoms with Crippen molar-refractivity contribution in [2.75, 3.05) is 27.7 Å². The minimum absolute atomic E-state index is 0.344. The summed E-state index contributed by atoms with van der Waals surface area (Å²) in [6.45, 7) is 6.93. The lowest BCUT2D eigenvalue weighted by Crippen LogP contribution is -2.35. The summed E-state index contributed by atoms with van der Waals surface area (Å²) in [5.74, 6) is 0.911. The molecule has 1 aromatic carbocycles. The molecule has 1 rings (SSSR count). The van der Waals surface area contributed by atoms with Gasteiger partial charge in [0, 0.05) is 18.6 Å². The molecule has 0 aliphatic heterocycles. The molecule has 1 aromatic rings. The molecular weight excluding hydrogens is 248 g/mol. The molecule has 0 radical (unpaired) electrons. The zero-order valence-electron chi connectivity index (χ0n) is 13.2. The van der Waals surface area contributed by atoms with Gasteiger partial charge in [-0.25, -0.2) is 0 Å². The Morgan fingerprint density at radius 3 is 2.75 bits per heavy atom. The average molecular weight is 276 g/mol. The minimum Gasteiger partial charge on any atom is -0.497 e. The van der Waals surface area contributed by atoms with Gasteiger partial charge in [0.25, 0.3) is 0 Å². The van der Waals surface area contributed by atoms with Crippen LogP contribution in [0.4, 0.5) is 0 Å². The van der Waals surface area contributed by atoms with Crippen LogP contribution < -0.4 is 10.1 Å². The molecule has 20 heavy (non-hydrogen) atoms. The summed E-state index contributed by atoms with van der Waals surface area (Å²) in [7, 11) is 5.93. The molecule has 0 fully saturated rings. The van der Waals surface area contributed by atoms with E-state index in [4.69, 9.17) is 4.74 Å². The van der Waals surface area contributed by atoms with Crippen LogP contribution in [-0.4, -0.2) is 38.7 Å². The molecule has 0 aliphatic rings. The van der Waals surface area contributed by atoms with Gasteiger partial charge in [-0.2, -0.15) is 0 Å². The molecule has 0 bridgehead atoms. The third-order valence-electron chi connectivity index (χ3n) is 3.57. The normalized spacial score (nSPS) is 14.1. The predicted molar refractivity (Wildman–Crippen MR) is 86.3 cm³/mol. The van der Waals surface area contributed by atoms with Gasteiger partial charge in [-0.05, 0) is 51.6 Å². The Hall–Kier alpha value is -1.32. The lowest BCUT2D eigenvalue weighted by atomic mass is 10.0. The van der Waals surface area contributed by atoms with Crippen molar-refractivity contribution in [3.8, 4) is 5.75 Å². The second-order valence-corrected chi connectivity index (χ2v) is 5.43. The van der Waals surface area contributed by atoms with E-state index in [0.717, 1.165) is 25.1 Å². The molecule has 0 saturated heterocycles. The van der Waals surface area contributed by atoms with E-state index >= 15 is 0 Å². The number of nitrogens with zero attached hydrogens (tertiary/aromatic N) is 1. The number of rotatable bonds is 9. The molecule has 3 nitrogen and oxygen atoms in total. The van der Waals surface area contributed by atoms with E-state index in [1.807, 2.05) is 18.2 Å². The Morgan fingerprint density at radius 2 is 2.15 bits per heavy atom. The number of hydrogen-bond acceptors (Lipinski definition) is 3. The Kier molecular flexibility index (Phi) is 7.34. The third kappa shape index (κ3) is 5.35. The average Bonchev–Trinajstić information content (AvgIpc) is 2.45. The monoisotopic (exact) mass is 276 g/mol. The van der Waals surface area contributed by atoms with Crippen LogP contribution in [0, 0.1) is 0 Å². The molecule has 0 aliphatic carbocycles. The molecule has 112 valence electrons. The van der Waals surface area contributed by atoms with Crippen molar-refractivity contribution in [3.63, 3.8) is 0 Å². The maximum Gasteiger partial charge on any atom is 0.119 e. The zero-order chi connectivity index (χ0) is 15.0. The lowest BCUT2D eigenvalue weighted by Gasteiger charge is -2.27. The van der Waals surface area contributed by atoms with Crippen LogP contribution >= 0.6 is 0 Å². The summed E-state index contributed by atoms with van der Waals surface area (Å²) in [6, 6.07) is 9.14. The van der Waals surface area contributed by atoms with E-state index < -0.39 is 0 Å².